The summed E-state index contributed by atoms with van der Waals surface area (Å²) in [6.45, 7) is 0. The second-order valence-electron chi connectivity index (χ2n) is 1.97. The van der Waals surface area contributed by atoms with E-state index < -0.39 is 11.8 Å². The number of hydrogen-bond donors (Lipinski definition) is 0. The predicted octanol–water partition coefficient (Wildman–Crippen LogP) is 1.23. The molecule has 12 heavy (non-hydrogen) atoms. The Morgan fingerprint density at radius 3 is 2.50 bits per heavy atom. The summed E-state index contributed by atoms with van der Waals surface area (Å²) in [6.07, 6.45) is 0. The van der Waals surface area contributed by atoms with Crippen molar-refractivity contribution in [3.8, 4) is 0 Å². The maximum atomic E-state index is 12.7. The molecule has 1 aromatic rings. The summed E-state index contributed by atoms with van der Waals surface area (Å²) in [5.74, 6) is -1.21. The van der Waals surface area contributed by atoms with Crippen molar-refractivity contribution in [2.45, 2.75) is 0 Å². The second-order valence-corrected chi connectivity index (χ2v) is 1.97. The van der Waals surface area contributed by atoms with E-state index in [1.54, 1.807) is 6.07 Å². The Labute approximate surface area is 92.0 Å². The summed E-state index contributed by atoms with van der Waals surface area (Å²) in [5.41, 5.74) is -0.0324. The van der Waals surface area contributed by atoms with Gasteiger partial charge in [0.15, 0.2) is 0 Å². The van der Waals surface area contributed by atoms with Gasteiger partial charge in [-0.2, -0.15) is 0 Å². The summed E-state index contributed by atoms with van der Waals surface area (Å²) in [4.78, 5) is 10.8. The zero-order valence-electron chi connectivity index (χ0n) is 7.00. The fraction of sp³-hybridized carbons (Fsp3) is 0.125. The largest absolute Gasteiger partial charge is 0.465 e. The van der Waals surface area contributed by atoms with Gasteiger partial charge in [0.1, 0.15) is 5.82 Å². The molecule has 0 heterocycles. The number of halogens is 1. The summed E-state index contributed by atoms with van der Waals surface area (Å²) in [6, 6.07) is 5.69. The van der Waals surface area contributed by atoms with Crippen molar-refractivity contribution in [2.24, 2.45) is 0 Å². The van der Waals surface area contributed by atoms with E-state index in [1.165, 1.54) is 25.3 Å². The van der Waals surface area contributed by atoms with Crippen molar-refractivity contribution in [1.29, 1.82) is 0 Å². The monoisotopic (exact) mass is 177 g/mol. The first-order chi connectivity index (χ1) is 5.25. The molecule has 0 aliphatic rings. The van der Waals surface area contributed by atoms with Gasteiger partial charge in [0.2, 0.25) is 0 Å². The molecule has 0 aliphatic heterocycles. The molecule has 0 bridgehead atoms. The topological polar surface area (TPSA) is 26.3 Å². The van der Waals surface area contributed by atoms with E-state index in [4.69, 9.17) is 0 Å². The number of methoxy groups -OCH3 is 1. The molecule has 0 N–H and O–H groups in total. The van der Waals surface area contributed by atoms with Crippen LogP contribution in [0.25, 0.3) is 0 Å². The van der Waals surface area contributed by atoms with Crippen LogP contribution in [-0.4, -0.2) is 42.6 Å². The Hall–Kier alpha value is -0.380. The Morgan fingerprint density at radius 1 is 1.42 bits per heavy atom. The van der Waals surface area contributed by atoms with Crippen molar-refractivity contribution in [3.05, 3.63) is 35.6 Å². The van der Waals surface area contributed by atoms with Gasteiger partial charge in [0.05, 0.1) is 12.7 Å². The molecule has 0 aliphatic carbocycles. The van der Waals surface area contributed by atoms with Gasteiger partial charge in [-0.05, 0) is 12.1 Å². The van der Waals surface area contributed by atoms with Gasteiger partial charge in [0.25, 0.3) is 0 Å². The molecule has 0 saturated heterocycles. The van der Waals surface area contributed by atoms with Crippen LogP contribution in [-0.2, 0) is 4.74 Å². The molecule has 0 amide bonds. The number of ether oxygens (including phenoxy) is 1. The van der Waals surface area contributed by atoms with Crippen molar-refractivity contribution < 1.29 is 13.9 Å². The third kappa shape index (κ3) is 2.59. The standard InChI is InChI=1S/C8H7FO2.Na/c1-11-8(10)6-4-2-3-5-7(6)9;/h2-5H,1H3;. The minimum absolute atomic E-state index is 0. The Balaban J connectivity index is 0.00000121. The molecule has 4 heteroatoms. The fourth-order valence-electron chi connectivity index (χ4n) is 0.737. The average Bonchev–Trinajstić information content (AvgIpc) is 2.04. The van der Waals surface area contributed by atoms with E-state index in [1.807, 2.05) is 0 Å². The number of carbonyl (C=O) groups excluding carboxylic acids is 1. The van der Waals surface area contributed by atoms with Gasteiger partial charge < -0.3 is 4.74 Å². The summed E-state index contributed by atoms with van der Waals surface area (Å²) in [7, 11) is 1.22. The first kappa shape index (κ1) is 11.6. The van der Waals surface area contributed by atoms with Crippen LogP contribution in [0.1, 0.15) is 10.4 Å². The zero-order valence-corrected chi connectivity index (χ0v) is 9.00. The first-order valence-electron chi connectivity index (χ1n) is 3.08. The normalized spacial score (nSPS) is 8.50. The number of carbonyl (C=O) groups is 1. The van der Waals surface area contributed by atoms with Gasteiger partial charge in [-0.1, -0.05) is 12.1 Å². The first-order valence-corrected chi connectivity index (χ1v) is 3.08. The molecule has 0 atom stereocenters. The Kier molecular flexibility index (Phi) is 5.13. The minimum Gasteiger partial charge on any atom is -0.465 e. The smallest absolute Gasteiger partial charge is 0.340 e. The van der Waals surface area contributed by atoms with Gasteiger partial charge in [-0.25, -0.2) is 9.18 Å². The number of benzene rings is 1. The van der Waals surface area contributed by atoms with Crippen LogP contribution in [0.2, 0.25) is 0 Å². The van der Waals surface area contributed by atoms with Crippen molar-refractivity contribution in [2.75, 3.05) is 7.11 Å². The molecule has 1 radical (unpaired) electrons. The van der Waals surface area contributed by atoms with Gasteiger partial charge in [-0.15, -0.1) is 0 Å². The third-order valence-corrected chi connectivity index (χ3v) is 1.28. The fourth-order valence-corrected chi connectivity index (χ4v) is 0.737. The Morgan fingerprint density at radius 2 is 2.00 bits per heavy atom. The predicted molar refractivity (Wildman–Crippen MR) is 43.5 cm³/mol. The van der Waals surface area contributed by atoms with Crippen LogP contribution in [0.4, 0.5) is 4.39 Å². The molecule has 0 unspecified atom stereocenters. The second kappa shape index (κ2) is 5.30. The van der Waals surface area contributed by atoms with E-state index in [2.05, 4.69) is 4.74 Å². The van der Waals surface area contributed by atoms with E-state index >= 15 is 0 Å². The number of rotatable bonds is 1. The summed E-state index contributed by atoms with van der Waals surface area (Å²) >= 11 is 0. The molecule has 0 saturated carbocycles. The van der Waals surface area contributed by atoms with Crippen LogP contribution >= 0.6 is 0 Å². The summed E-state index contributed by atoms with van der Waals surface area (Å²) < 4.78 is 17.1. The maximum Gasteiger partial charge on any atom is 0.340 e. The quantitative estimate of drug-likeness (QED) is 0.476. The number of hydrogen-bond acceptors (Lipinski definition) is 2. The molecule has 1 aromatic carbocycles. The van der Waals surface area contributed by atoms with Gasteiger partial charge >= 0.3 is 5.97 Å². The van der Waals surface area contributed by atoms with Gasteiger partial charge in [0, 0.05) is 29.6 Å². The van der Waals surface area contributed by atoms with Crippen LogP contribution in [0.3, 0.4) is 0 Å². The number of esters is 1. The third-order valence-electron chi connectivity index (χ3n) is 1.28. The molecule has 59 valence electrons. The summed E-state index contributed by atoms with van der Waals surface area (Å²) in [5, 5.41) is 0. The van der Waals surface area contributed by atoms with E-state index in [-0.39, 0.29) is 35.1 Å². The molecular weight excluding hydrogens is 170 g/mol. The minimum atomic E-state index is -0.650. The molecule has 1 rings (SSSR count). The van der Waals surface area contributed by atoms with Crippen molar-refractivity contribution in [3.63, 3.8) is 0 Å². The molecule has 0 fully saturated rings. The van der Waals surface area contributed by atoms with Crippen LogP contribution in [0.5, 0.6) is 0 Å². The van der Waals surface area contributed by atoms with Crippen molar-refractivity contribution >= 4 is 35.5 Å². The van der Waals surface area contributed by atoms with Crippen LogP contribution < -0.4 is 0 Å². The molecular formula is C8H7FNaO2. The van der Waals surface area contributed by atoms with E-state index in [0.29, 0.717) is 0 Å². The zero-order chi connectivity index (χ0) is 8.27. The van der Waals surface area contributed by atoms with Crippen LogP contribution in [0, 0.1) is 5.82 Å². The Bertz CT molecular complexity index is 276. The van der Waals surface area contributed by atoms with Crippen molar-refractivity contribution in [1.82, 2.24) is 0 Å². The van der Waals surface area contributed by atoms with E-state index in [9.17, 15) is 9.18 Å². The molecule has 0 aromatic heterocycles. The maximum absolute atomic E-state index is 12.7. The van der Waals surface area contributed by atoms with Gasteiger partial charge in [-0.3, -0.25) is 0 Å². The average molecular weight is 177 g/mol. The van der Waals surface area contributed by atoms with E-state index in [0.717, 1.165) is 0 Å². The SMILES string of the molecule is COC(=O)c1ccccc1F.[Na]. The molecule has 2 nitrogen and oxygen atoms in total. The molecule has 0 spiro atoms. The van der Waals surface area contributed by atoms with Crippen LogP contribution in [0.15, 0.2) is 24.3 Å².